The van der Waals surface area contributed by atoms with E-state index < -0.39 is 0 Å². The van der Waals surface area contributed by atoms with E-state index in [1.807, 2.05) is 0 Å². The molecule has 0 amide bonds. The predicted molar refractivity (Wildman–Crippen MR) is 74.6 cm³/mol. The van der Waals surface area contributed by atoms with Crippen LogP contribution in [0.15, 0.2) is 24.3 Å². The monoisotopic (exact) mass is 234 g/mol. The Balaban J connectivity index is 2.29. The quantitative estimate of drug-likeness (QED) is 0.585. The second-order valence-corrected chi connectivity index (χ2v) is 5.13. The highest BCUT2D eigenvalue weighted by Crippen LogP contribution is 2.15. The van der Waals surface area contributed by atoms with Crippen molar-refractivity contribution in [2.24, 2.45) is 5.92 Å². The van der Waals surface area contributed by atoms with Crippen LogP contribution < -0.4 is 4.74 Å². The Bertz CT molecular complexity index is 287. The van der Waals surface area contributed by atoms with Crippen molar-refractivity contribution in [2.45, 2.75) is 52.9 Å². The van der Waals surface area contributed by atoms with E-state index in [1.165, 1.54) is 31.2 Å². The molecule has 0 aliphatic rings. The van der Waals surface area contributed by atoms with Crippen molar-refractivity contribution < 1.29 is 4.74 Å². The van der Waals surface area contributed by atoms with Gasteiger partial charge in [0.15, 0.2) is 0 Å². The number of rotatable bonds is 8. The topological polar surface area (TPSA) is 9.23 Å². The Morgan fingerprint density at radius 2 is 1.76 bits per heavy atom. The van der Waals surface area contributed by atoms with Crippen molar-refractivity contribution in [1.29, 1.82) is 0 Å². The summed E-state index contributed by atoms with van der Waals surface area (Å²) in [6.45, 7) is 7.51. The first kappa shape index (κ1) is 14.1. The van der Waals surface area contributed by atoms with Crippen molar-refractivity contribution in [3.8, 4) is 5.75 Å². The third kappa shape index (κ3) is 6.35. The van der Waals surface area contributed by atoms with Crippen LogP contribution in [0.2, 0.25) is 0 Å². The zero-order valence-corrected chi connectivity index (χ0v) is 11.5. The maximum atomic E-state index is 5.70. The largest absolute Gasteiger partial charge is 0.494 e. The molecule has 0 saturated carbocycles. The van der Waals surface area contributed by atoms with Gasteiger partial charge in [0.1, 0.15) is 5.75 Å². The van der Waals surface area contributed by atoms with Gasteiger partial charge in [-0.3, -0.25) is 0 Å². The normalized spacial score (nSPS) is 10.8. The summed E-state index contributed by atoms with van der Waals surface area (Å²) in [5.41, 5.74) is 1.43. The van der Waals surface area contributed by atoms with Gasteiger partial charge in [0.25, 0.3) is 0 Å². The molecule has 0 aliphatic carbocycles. The van der Waals surface area contributed by atoms with Gasteiger partial charge in [0, 0.05) is 0 Å². The molecule has 0 fully saturated rings. The van der Waals surface area contributed by atoms with E-state index in [0.29, 0.717) is 5.92 Å². The number of ether oxygens (including phenoxy) is 1. The Morgan fingerprint density at radius 1 is 1.06 bits per heavy atom. The lowest BCUT2D eigenvalue weighted by Crippen LogP contribution is -2.01. The number of hydrogen-bond donors (Lipinski definition) is 0. The summed E-state index contributed by atoms with van der Waals surface area (Å²) >= 11 is 0. The van der Waals surface area contributed by atoms with Crippen molar-refractivity contribution in [3.05, 3.63) is 29.8 Å². The van der Waals surface area contributed by atoms with Crippen LogP contribution in [0.1, 0.15) is 52.0 Å². The molecule has 0 aliphatic heterocycles. The first-order valence-corrected chi connectivity index (χ1v) is 6.94. The fourth-order valence-electron chi connectivity index (χ4n) is 1.74. The molecule has 0 atom stereocenters. The van der Waals surface area contributed by atoms with Crippen LogP contribution in [0.3, 0.4) is 0 Å². The highest BCUT2D eigenvalue weighted by atomic mass is 16.5. The molecule has 0 aromatic heterocycles. The summed E-state index contributed by atoms with van der Waals surface area (Å²) in [6, 6.07) is 8.59. The van der Waals surface area contributed by atoms with Gasteiger partial charge >= 0.3 is 0 Å². The minimum Gasteiger partial charge on any atom is -0.494 e. The van der Waals surface area contributed by atoms with E-state index in [4.69, 9.17) is 4.74 Å². The number of hydrogen-bond acceptors (Lipinski definition) is 1. The molecule has 1 nitrogen and oxygen atoms in total. The zero-order chi connectivity index (χ0) is 12.5. The van der Waals surface area contributed by atoms with Gasteiger partial charge in [-0.2, -0.15) is 0 Å². The third-order valence-corrected chi connectivity index (χ3v) is 2.96. The molecular weight excluding hydrogens is 208 g/mol. The van der Waals surface area contributed by atoms with Crippen LogP contribution in [0.5, 0.6) is 5.75 Å². The Labute approximate surface area is 106 Å². The van der Waals surface area contributed by atoms with E-state index in [-0.39, 0.29) is 0 Å². The molecule has 0 N–H and O–H groups in total. The molecule has 0 unspecified atom stereocenters. The summed E-state index contributed by atoms with van der Waals surface area (Å²) < 4.78 is 5.70. The average molecular weight is 234 g/mol. The maximum absolute atomic E-state index is 5.70. The van der Waals surface area contributed by atoms with E-state index >= 15 is 0 Å². The van der Waals surface area contributed by atoms with Crippen LogP contribution in [0.4, 0.5) is 0 Å². The van der Waals surface area contributed by atoms with Crippen molar-refractivity contribution in [3.63, 3.8) is 0 Å². The van der Waals surface area contributed by atoms with Crippen molar-refractivity contribution in [2.75, 3.05) is 6.61 Å². The lowest BCUT2D eigenvalue weighted by atomic mass is 10.1. The molecule has 1 rings (SSSR count). The summed E-state index contributed by atoms with van der Waals surface area (Å²) in [5.74, 6) is 1.72. The molecule has 0 saturated heterocycles. The van der Waals surface area contributed by atoms with Gasteiger partial charge in [0.2, 0.25) is 0 Å². The molecule has 1 aromatic rings. The van der Waals surface area contributed by atoms with E-state index in [2.05, 4.69) is 45.0 Å². The number of aryl methyl sites for hydroxylation is 1. The smallest absolute Gasteiger partial charge is 0.119 e. The minimum absolute atomic E-state index is 0.711. The molecule has 1 heteroatoms. The van der Waals surface area contributed by atoms with Gasteiger partial charge in [-0.05, 0) is 42.9 Å². The summed E-state index contributed by atoms with van der Waals surface area (Å²) in [4.78, 5) is 0. The Kier molecular flexibility index (Phi) is 6.76. The highest BCUT2D eigenvalue weighted by molar-refractivity contribution is 5.27. The van der Waals surface area contributed by atoms with Crippen LogP contribution in [-0.2, 0) is 6.42 Å². The lowest BCUT2D eigenvalue weighted by molar-refractivity contribution is 0.289. The minimum atomic E-state index is 0.711. The van der Waals surface area contributed by atoms with Gasteiger partial charge in [-0.25, -0.2) is 0 Å². The van der Waals surface area contributed by atoms with Crippen LogP contribution in [0.25, 0.3) is 0 Å². The second-order valence-electron chi connectivity index (χ2n) is 5.13. The Morgan fingerprint density at radius 3 is 2.35 bits per heavy atom. The Hall–Kier alpha value is -0.980. The third-order valence-electron chi connectivity index (χ3n) is 2.96. The lowest BCUT2D eigenvalue weighted by Gasteiger charge is -2.08. The SMILES string of the molecule is CCCCCc1ccc(OCCC(C)C)cc1. The van der Waals surface area contributed by atoms with Gasteiger partial charge in [-0.15, -0.1) is 0 Å². The van der Waals surface area contributed by atoms with Crippen LogP contribution in [-0.4, -0.2) is 6.61 Å². The first-order valence-electron chi connectivity index (χ1n) is 6.94. The number of benzene rings is 1. The molecule has 0 spiro atoms. The van der Waals surface area contributed by atoms with Crippen LogP contribution >= 0.6 is 0 Å². The van der Waals surface area contributed by atoms with E-state index in [9.17, 15) is 0 Å². The van der Waals surface area contributed by atoms with Gasteiger partial charge in [0.05, 0.1) is 6.61 Å². The van der Waals surface area contributed by atoms with Crippen molar-refractivity contribution in [1.82, 2.24) is 0 Å². The van der Waals surface area contributed by atoms with Crippen molar-refractivity contribution >= 4 is 0 Å². The molecule has 0 heterocycles. The predicted octanol–water partition coefficient (Wildman–Crippen LogP) is 4.84. The standard InChI is InChI=1S/C16H26O/c1-4-5-6-7-15-8-10-16(11-9-15)17-13-12-14(2)3/h8-11,14H,4-7,12-13H2,1-3H3. The molecule has 96 valence electrons. The maximum Gasteiger partial charge on any atom is 0.119 e. The summed E-state index contributed by atoms with van der Waals surface area (Å²) in [7, 11) is 0. The molecule has 0 radical (unpaired) electrons. The molecule has 17 heavy (non-hydrogen) atoms. The molecule has 1 aromatic carbocycles. The fraction of sp³-hybridized carbons (Fsp3) is 0.625. The molecule has 0 bridgehead atoms. The van der Waals surface area contributed by atoms with Crippen LogP contribution in [0, 0.1) is 5.92 Å². The first-order chi connectivity index (χ1) is 8.22. The van der Waals surface area contributed by atoms with Gasteiger partial charge < -0.3 is 4.74 Å². The summed E-state index contributed by atoms with van der Waals surface area (Å²) in [6.07, 6.45) is 6.23. The molecular formula is C16H26O. The van der Waals surface area contributed by atoms with Gasteiger partial charge in [-0.1, -0.05) is 45.7 Å². The highest BCUT2D eigenvalue weighted by Gasteiger charge is 1.97. The van der Waals surface area contributed by atoms with E-state index in [0.717, 1.165) is 18.8 Å². The second kappa shape index (κ2) is 8.16. The summed E-state index contributed by atoms with van der Waals surface area (Å²) in [5, 5.41) is 0. The average Bonchev–Trinajstić information content (AvgIpc) is 2.31. The zero-order valence-electron chi connectivity index (χ0n) is 11.5. The number of unbranched alkanes of at least 4 members (excludes halogenated alkanes) is 2. The fourth-order valence-corrected chi connectivity index (χ4v) is 1.74. The van der Waals surface area contributed by atoms with E-state index in [1.54, 1.807) is 0 Å².